The number of benzene rings is 1. The molecular formula is C27H42N4O6. The Labute approximate surface area is 220 Å². The third-order valence-electron chi connectivity index (χ3n) is 7.29. The lowest BCUT2D eigenvalue weighted by atomic mass is 9.80. The van der Waals surface area contributed by atoms with Crippen LogP contribution in [0.5, 0.6) is 5.75 Å². The van der Waals surface area contributed by atoms with Gasteiger partial charge in [-0.05, 0) is 73.9 Å². The number of piperidine rings is 2. The van der Waals surface area contributed by atoms with Gasteiger partial charge >= 0.3 is 12.2 Å². The first-order valence-corrected chi connectivity index (χ1v) is 12.8. The molecule has 0 saturated carbocycles. The van der Waals surface area contributed by atoms with Gasteiger partial charge in [0, 0.05) is 59.6 Å². The Hall–Kier alpha value is -2.40. The largest absolute Gasteiger partial charge is 0.447 e. The molecule has 1 aromatic rings. The van der Waals surface area contributed by atoms with E-state index in [0.717, 1.165) is 15.7 Å². The molecule has 1 aromatic carbocycles. The van der Waals surface area contributed by atoms with Crippen molar-refractivity contribution in [3.05, 3.63) is 23.8 Å². The molecule has 0 atom stereocenters. The second-order valence-electron chi connectivity index (χ2n) is 12.9. The van der Waals surface area contributed by atoms with Gasteiger partial charge in [-0.25, -0.2) is 10.2 Å². The Bertz CT molecular complexity index is 986. The zero-order valence-electron chi connectivity index (χ0n) is 23.6. The van der Waals surface area contributed by atoms with Crippen molar-refractivity contribution in [1.29, 1.82) is 5.41 Å². The van der Waals surface area contributed by atoms with Crippen LogP contribution in [0, 0.1) is 12.3 Å². The van der Waals surface area contributed by atoms with E-state index in [1.165, 1.54) is 0 Å². The number of amides is 1. The number of hydrogen-bond donors (Lipinski definition) is 2. The zero-order valence-corrected chi connectivity index (χ0v) is 23.6. The van der Waals surface area contributed by atoms with Crippen molar-refractivity contribution in [1.82, 2.24) is 10.1 Å². The normalized spacial score (nSPS) is 23.8. The minimum Gasteiger partial charge on any atom is -0.447 e. The molecule has 2 N–H and O–H groups in total. The number of anilines is 1. The quantitative estimate of drug-likeness (QED) is 0.394. The lowest BCUT2D eigenvalue weighted by Crippen LogP contribution is -2.60. The van der Waals surface area contributed by atoms with Gasteiger partial charge in [-0.2, -0.15) is 0 Å². The summed E-state index contributed by atoms with van der Waals surface area (Å²) >= 11 is 0. The minimum absolute atomic E-state index is 0.340. The number of ether oxygens (including phenoxy) is 3. The van der Waals surface area contributed by atoms with E-state index >= 15 is 0 Å². The van der Waals surface area contributed by atoms with Crippen LogP contribution in [-0.4, -0.2) is 56.7 Å². The fourth-order valence-corrected chi connectivity index (χ4v) is 5.87. The fourth-order valence-electron chi connectivity index (χ4n) is 5.87. The van der Waals surface area contributed by atoms with Gasteiger partial charge in [0.15, 0.2) is 0 Å². The molecule has 2 heterocycles. The predicted octanol–water partition coefficient (Wildman–Crippen LogP) is 5.61. The fraction of sp³-hybridized carbons (Fsp3) is 0.704. The second-order valence-corrected chi connectivity index (χ2v) is 12.9. The van der Waals surface area contributed by atoms with E-state index in [1.807, 2.05) is 62.3 Å². The van der Waals surface area contributed by atoms with E-state index < -0.39 is 34.4 Å². The van der Waals surface area contributed by atoms with Gasteiger partial charge < -0.3 is 14.2 Å². The molecule has 3 rings (SSSR count). The van der Waals surface area contributed by atoms with Crippen molar-refractivity contribution in [3.8, 4) is 5.75 Å². The number of hydroxylamine groups is 4. The molecule has 2 fully saturated rings. The summed E-state index contributed by atoms with van der Waals surface area (Å²) in [5.41, 5.74) is -1.34. The first-order valence-electron chi connectivity index (χ1n) is 12.8. The van der Waals surface area contributed by atoms with Crippen molar-refractivity contribution in [2.45, 2.75) is 122 Å². The van der Waals surface area contributed by atoms with E-state index in [9.17, 15) is 15.2 Å². The highest BCUT2D eigenvalue weighted by Gasteiger charge is 2.48. The Balaban J connectivity index is 1.61. The molecule has 10 heteroatoms. The molecule has 206 valence electrons. The van der Waals surface area contributed by atoms with Gasteiger partial charge in [0.1, 0.15) is 18.0 Å². The summed E-state index contributed by atoms with van der Waals surface area (Å²) in [5, 5.41) is 38.3. The average Bonchev–Trinajstić information content (AvgIpc) is 2.71. The SMILES string of the molecule is Cc1ccc(NC(=O)OC2CC(C)(C)N([O])C(C)(C)C2)cc1OC(=N)OC1CC(C)(C)N([O])C(C)(C)C1. The van der Waals surface area contributed by atoms with Crippen LogP contribution in [0.2, 0.25) is 0 Å². The van der Waals surface area contributed by atoms with Gasteiger partial charge in [0.25, 0.3) is 0 Å². The van der Waals surface area contributed by atoms with Crippen molar-refractivity contribution in [2.75, 3.05) is 5.32 Å². The number of carbonyl (C=O) groups is 1. The predicted molar refractivity (Wildman–Crippen MR) is 138 cm³/mol. The topological polar surface area (TPSA) is 127 Å². The smallest absolute Gasteiger partial charge is 0.411 e. The molecule has 0 aromatic heterocycles. The van der Waals surface area contributed by atoms with Crippen LogP contribution < -0.4 is 10.1 Å². The Morgan fingerprint density at radius 2 is 1.27 bits per heavy atom. The van der Waals surface area contributed by atoms with Gasteiger partial charge in [0.05, 0.1) is 0 Å². The molecule has 2 saturated heterocycles. The highest BCUT2D eigenvalue weighted by atomic mass is 16.7. The van der Waals surface area contributed by atoms with Crippen LogP contribution >= 0.6 is 0 Å². The third kappa shape index (κ3) is 6.73. The van der Waals surface area contributed by atoms with Crippen molar-refractivity contribution in [2.24, 2.45) is 0 Å². The number of nitrogens with zero attached hydrogens (tertiary/aromatic N) is 2. The van der Waals surface area contributed by atoms with Crippen molar-refractivity contribution in [3.63, 3.8) is 0 Å². The first kappa shape index (κ1) is 29.2. The second kappa shape index (κ2) is 10.1. The lowest BCUT2D eigenvalue weighted by Gasteiger charge is -2.49. The summed E-state index contributed by atoms with van der Waals surface area (Å²) < 4.78 is 17.1. The van der Waals surface area contributed by atoms with Gasteiger partial charge in [-0.3, -0.25) is 5.32 Å². The van der Waals surface area contributed by atoms with Crippen LogP contribution in [0.25, 0.3) is 0 Å². The Morgan fingerprint density at radius 1 is 0.838 bits per heavy atom. The van der Waals surface area contributed by atoms with E-state index in [-0.39, 0.29) is 12.2 Å². The number of aryl methyl sites for hydroxylation is 1. The first-order chi connectivity index (χ1) is 16.8. The standard InChI is InChI=1S/C27H42N4O6/c1-17-10-11-18(29-23(32)36-20-15-26(6,7)31(34)27(8,9)16-20)12-21(17)37-22(28)35-19-13-24(2,3)30(33)25(4,5)14-19/h10-12,19-20,28H,13-16H2,1-9H3,(H,29,32). The van der Waals surface area contributed by atoms with Crippen molar-refractivity contribution < 1.29 is 29.4 Å². The van der Waals surface area contributed by atoms with E-state index in [1.54, 1.807) is 18.2 Å². The van der Waals surface area contributed by atoms with Crippen LogP contribution in [0.4, 0.5) is 10.5 Å². The molecule has 0 aliphatic carbocycles. The molecule has 2 radical (unpaired) electrons. The average molecular weight is 519 g/mol. The lowest BCUT2D eigenvalue weighted by molar-refractivity contribution is -0.297. The van der Waals surface area contributed by atoms with Gasteiger partial charge in [-0.1, -0.05) is 6.07 Å². The number of carbonyl (C=O) groups excluding carboxylic acids is 1. The number of rotatable bonds is 4. The summed E-state index contributed by atoms with van der Waals surface area (Å²) in [7, 11) is 0. The molecule has 10 nitrogen and oxygen atoms in total. The molecule has 0 bridgehead atoms. The van der Waals surface area contributed by atoms with Crippen LogP contribution in [0.1, 0.15) is 86.6 Å². The van der Waals surface area contributed by atoms with Gasteiger partial charge in [-0.15, -0.1) is 20.5 Å². The summed E-state index contributed by atoms with van der Waals surface area (Å²) in [6.45, 7) is 16.7. The van der Waals surface area contributed by atoms with Crippen LogP contribution in [-0.2, 0) is 19.9 Å². The molecule has 0 unspecified atom stereocenters. The summed E-state index contributed by atoms with van der Waals surface area (Å²) in [6.07, 6.45) is 0.0822. The maximum absolute atomic E-state index is 12.7. The molecule has 2 aliphatic heterocycles. The minimum atomic E-state index is -0.646. The molecular weight excluding hydrogens is 476 g/mol. The Morgan fingerprint density at radius 3 is 1.73 bits per heavy atom. The monoisotopic (exact) mass is 518 g/mol. The van der Waals surface area contributed by atoms with Crippen molar-refractivity contribution >= 4 is 17.9 Å². The highest BCUT2D eigenvalue weighted by Crippen LogP contribution is 2.39. The maximum atomic E-state index is 12.7. The Kier molecular flexibility index (Phi) is 7.92. The summed E-state index contributed by atoms with van der Waals surface area (Å²) in [5.74, 6) is 0.365. The molecule has 0 spiro atoms. The zero-order chi connectivity index (χ0) is 28.0. The molecule has 2 aliphatic rings. The third-order valence-corrected chi connectivity index (χ3v) is 7.29. The van der Waals surface area contributed by atoms with Crippen LogP contribution in [0.15, 0.2) is 18.2 Å². The summed E-state index contributed by atoms with van der Waals surface area (Å²) in [6, 6.07) is 5.09. The number of nitrogens with one attached hydrogen (secondary N) is 2. The van der Waals surface area contributed by atoms with E-state index in [4.69, 9.17) is 19.6 Å². The number of hydrogen-bond acceptors (Lipinski definition) is 7. The van der Waals surface area contributed by atoms with E-state index in [2.05, 4.69) is 5.32 Å². The highest BCUT2D eigenvalue weighted by molar-refractivity contribution is 5.85. The molecule has 1 amide bonds. The molecule has 37 heavy (non-hydrogen) atoms. The van der Waals surface area contributed by atoms with E-state index in [0.29, 0.717) is 37.1 Å². The summed E-state index contributed by atoms with van der Waals surface area (Å²) in [4.78, 5) is 12.7. The maximum Gasteiger partial charge on any atom is 0.411 e. The van der Waals surface area contributed by atoms with Crippen LogP contribution in [0.3, 0.4) is 0 Å². The van der Waals surface area contributed by atoms with Gasteiger partial charge in [0.2, 0.25) is 0 Å².